The fraction of sp³-hybridized carbons (Fsp3) is 0.500. The number of aromatic nitrogens is 2. The predicted molar refractivity (Wildman–Crippen MR) is 102 cm³/mol. The van der Waals surface area contributed by atoms with E-state index in [0.29, 0.717) is 6.42 Å². The molecule has 7 heteroatoms. The lowest BCUT2D eigenvalue weighted by Gasteiger charge is -2.22. The van der Waals surface area contributed by atoms with E-state index in [9.17, 15) is 4.79 Å². The van der Waals surface area contributed by atoms with E-state index in [1.165, 1.54) is 11.5 Å². The smallest absolute Gasteiger partial charge is 0.242 e. The quantitative estimate of drug-likeness (QED) is 0.747. The lowest BCUT2D eigenvalue weighted by molar-refractivity contribution is -0.122. The van der Waals surface area contributed by atoms with Crippen LogP contribution in [0.1, 0.15) is 44.0 Å². The van der Waals surface area contributed by atoms with Crippen molar-refractivity contribution in [1.29, 1.82) is 0 Å². The number of carbonyl (C=O) groups excluding carboxylic acids is 1. The van der Waals surface area contributed by atoms with Crippen molar-refractivity contribution >= 4 is 34.2 Å². The number of anilines is 1. The first kappa shape index (κ1) is 18.1. The fourth-order valence-corrected chi connectivity index (χ4v) is 3.88. The second-order valence-corrected chi connectivity index (χ2v) is 7.46. The van der Waals surface area contributed by atoms with Crippen molar-refractivity contribution < 1.29 is 4.79 Å². The van der Waals surface area contributed by atoms with Crippen LogP contribution in [0.5, 0.6) is 0 Å². The zero-order chi connectivity index (χ0) is 17.6. The van der Waals surface area contributed by atoms with Crippen LogP contribution in [0.25, 0.3) is 0 Å². The Labute approximate surface area is 157 Å². The Balaban J connectivity index is 1.64. The number of benzene rings is 1. The molecule has 1 unspecified atom stereocenters. The van der Waals surface area contributed by atoms with Gasteiger partial charge in [0.05, 0.1) is 0 Å². The average molecular weight is 379 g/mol. The molecule has 0 spiro atoms. The van der Waals surface area contributed by atoms with E-state index in [0.717, 1.165) is 60.3 Å². The Hall–Kier alpha value is -1.66. The zero-order valence-corrected chi connectivity index (χ0v) is 15.9. The first-order chi connectivity index (χ1) is 12.2. The first-order valence-electron chi connectivity index (χ1n) is 8.78. The second-order valence-electron chi connectivity index (χ2n) is 6.29. The summed E-state index contributed by atoms with van der Waals surface area (Å²) >= 11 is 7.30. The monoisotopic (exact) mass is 378 g/mol. The molecule has 2 aromatic rings. The third kappa shape index (κ3) is 4.70. The van der Waals surface area contributed by atoms with Crippen molar-refractivity contribution in [1.82, 2.24) is 14.7 Å². The minimum absolute atomic E-state index is 0.111. The van der Waals surface area contributed by atoms with Crippen molar-refractivity contribution in [3.8, 4) is 0 Å². The SMILES string of the molecule is CCCCNC(=O)C1CCCN1c1nc(Cc2ccc(Cl)cc2)ns1. The maximum Gasteiger partial charge on any atom is 0.242 e. The Morgan fingerprint density at radius 3 is 2.96 bits per heavy atom. The molecule has 0 bridgehead atoms. The third-order valence-corrected chi connectivity index (χ3v) is 5.41. The third-order valence-electron chi connectivity index (χ3n) is 4.36. The highest BCUT2D eigenvalue weighted by atomic mass is 35.5. The molecule has 1 N–H and O–H groups in total. The molecule has 1 aromatic carbocycles. The topological polar surface area (TPSA) is 58.1 Å². The largest absolute Gasteiger partial charge is 0.354 e. The zero-order valence-electron chi connectivity index (χ0n) is 14.4. The summed E-state index contributed by atoms with van der Waals surface area (Å²) in [7, 11) is 0. The molecule has 3 rings (SSSR count). The summed E-state index contributed by atoms with van der Waals surface area (Å²) < 4.78 is 4.47. The lowest BCUT2D eigenvalue weighted by Crippen LogP contribution is -2.43. The number of halogens is 1. The van der Waals surface area contributed by atoms with Crippen LogP contribution in [0, 0.1) is 0 Å². The standard InChI is InChI=1S/C18H23ClN4OS/c1-2-3-10-20-17(24)15-5-4-11-23(15)18-21-16(22-25-18)12-13-6-8-14(19)9-7-13/h6-9,15H,2-5,10-12H2,1H3,(H,20,24). The van der Waals surface area contributed by atoms with Gasteiger partial charge in [-0.1, -0.05) is 37.1 Å². The van der Waals surface area contributed by atoms with Crippen LogP contribution in [-0.4, -0.2) is 34.4 Å². The minimum Gasteiger partial charge on any atom is -0.354 e. The molecule has 5 nitrogen and oxygen atoms in total. The number of carbonyl (C=O) groups is 1. The number of hydrogen-bond acceptors (Lipinski definition) is 5. The van der Waals surface area contributed by atoms with Gasteiger partial charge in [0.15, 0.2) is 0 Å². The van der Waals surface area contributed by atoms with Crippen LogP contribution < -0.4 is 10.2 Å². The van der Waals surface area contributed by atoms with Gasteiger partial charge < -0.3 is 10.2 Å². The van der Waals surface area contributed by atoms with Crippen molar-refractivity contribution in [3.05, 3.63) is 40.7 Å². The van der Waals surface area contributed by atoms with Gasteiger partial charge in [-0.3, -0.25) is 4.79 Å². The molecule has 1 aliphatic heterocycles. The van der Waals surface area contributed by atoms with E-state index in [1.54, 1.807) is 0 Å². The molecule has 2 heterocycles. The average Bonchev–Trinajstić information content (AvgIpc) is 3.26. The Kier molecular flexibility index (Phi) is 6.26. The van der Waals surface area contributed by atoms with Gasteiger partial charge >= 0.3 is 0 Å². The molecule has 134 valence electrons. The van der Waals surface area contributed by atoms with Gasteiger partial charge in [-0.15, -0.1) is 0 Å². The summed E-state index contributed by atoms with van der Waals surface area (Å²) in [6.07, 6.45) is 4.67. The van der Waals surface area contributed by atoms with E-state index < -0.39 is 0 Å². The number of nitrogens with zero attached hydrogens (tertiary/aromatic N) is 3. The van der Waals surface area contributed by atoms with Crippen LogP contribution in [0.15, 0.2) is 24.3 Å². The predicted octanol–water partition coefficient (Wildman–Crippen LogP) is 3.67. The molecule has 1 aliphatic rings. The maximum absolute atomic E-state index is 12.4. The van der Waals surface area contributed by atoms with E-state index in [-0.39, 0.29) is 11.9 Å². The van der Waals surface area contributed by atoms with Gasteiger partial charge in [0.1, 0.15) is 11.9 Å². The van der Waals surface area contributed by atoms with Crippen molar-refractivity contribution in [2.75, 3.05) is 18.0 Å². The molecule has 0 saturated carbocycles. The first-order valence-corrected chi connectivity index (χ1v) is 9.94. The van der Waals surface area contributed by atoms with E-state index >= 15 is 0 Å². The summed E-state index contributed by atoms with van der Waals surface area (Å²) in [6.45, 7) is 3.73. The number of amides is 1. The van der Waals surface area contributed by atoms with Crippen LogP contribution in [0.3, 0.4) is 0 Å². The molecule has 1 amide bonds. The van der Waals surface area contributed by atoms with Crippen LogP contribution >= 0.6 is 23.1 Å². The number of hydrogen-bond donors (Lipinski definition) is 1. The summed E-state index contributed by atoms with van der Waals surface area (Å²) in [5, 5.41) is 4.61. The highest BCUT2D eigenvalue weighted by molar-refractivity contribution is 7.09. The summed E-state index contributed by atoms with van der Waals surface area (Å²) in [6, 6.07) is 7.61. The van der Waals surface area contributed by atoms with E-state index in [4.69, 9.17) is 11.6 Å². The van der Waals surface area contributed by atoms with Crippen molar-refractivity contribution in [3.63, 3.8) is 0 Å². The van der Waals surface area contributed by atoms with Gasteiger partial charge in [0, 0.05) is 36.1 Å². The molecule has 0 radical (unpaired) electrons. The normalized spacial score (nSPS) is 17.0. The molecule has 1 saturated heterocycles. The minimum atomic E-state index is -0.117. The fourth-order valence-electron chi connectivity index (χ4n) is 2.99. The highest BCUT2D eigenvalue weighted by Crippen LogP contribution is 2.27. The molecular weight excluding hydrogens is 356 g/mol. The van der Waals surface area contributed by atoms with Gasteiger partial charge in [-0.05, 0) is 37.0 Å². The Bertz CT molecular complexity index is 703. The van der Waals surface area contributed by atoms with Gasteiger partial charge in [-0.2, -0.15) is 4.37 Å². The Morgan fingerprint density at radius 2 is 2.20 bits per heavy atom. The van der Waals surface area contributed by atoms with Crippen LogP contribution in [0.2, 0.25) is 5.02 Å². The molecule has 1 fully saturated rings. The van der Waals surface area contributed by atoms with E-state index in [2.05, 4.69) is 26.5 Å². The van der Waals surface area contributed by atoms with Gasteiger partial charge in [-0.25, -0.2) is 4.98 Å². The molecule has 1 atom stereocenters. The van der Waals surface area contributed by atoms with E-state index in [1.807, 2.05) is 24.3 Å². The maximum atomic E-state index is 12.4. The molecule has 25 heavy (non-hydrogen) atoms. The summed E-state index contributed by atoms with van der Waals surface area (Å²) in [4.78, 5) is 19.2. The summed E-state index contributed by atoms with van der Waals surface area (Å²) in [5.41, 5.74) is 1.13. The van der Waals surface area contributed by atoms with Gasteiger partial charge in [0.25, 0.3) is 0 Å². The van der Waals surface area contributed by atoms with Gasteiger partial charge in [0.2, 0.25) is 11.0 Å². The number of nitrogens with one attached hydrogen (secondary N) is 1. The second kappa shape index (κ2) is 8.63. The molecule has 0 aliphatic carbocycles. The highest BCUT2D eigenvalue weighted by Gasteiger charge is 2.32. The van der Waals surface area contributed by atoms with Crippen LogP contribution in [0.4, 0.5) is 5.13 Å². The lowest BCUT2D eigenvalue weighted by atomic mass is 10.1. The van der Waals surface area contributed by atoms with Crippen molar-refractivity contribution in [2.45, 2.75) is 45.1 Å². The number of rotatable bonds is 7. The molecule has 1 aromatic heterocycles. The number of unbranched alkanes of at least 4 members (excludes halogenated alkanes) is 1. The van der Waals surface area contributed by atoms with Crippen molar-refractivity contribution in [2.24, 2.45) is 0 Å². The molecular formula is C18H23ClN4OS. The Morgan fingerprint density at radius 1 is 1.40 bits per heavy atom. The summed E-state index contributed by atoms with van der Waals surface area (Å²) in [5.74, 6) is 0.903. The van der Waals surface area contributed by atoms with Crippen LogP contribution in [-0.2, 0) is 11.2 Å².